The van der Waals surface area contributed by atoms with Gasteiger partial charge in [-0.15, -0.1) is 0 Å². The van der Waals surface area contributed by atoms with Crippen molar-refractivity contribution in [1.29, 1.82) is 0 Å². The molecule has 0 saturated heterocycles. The fraction of sp³-hybridized carbons (Fsp3) is 1.00. The zero-order valence-corrected chi connectivity index (χ0v) is 11.9. The van der Waals surface area contributed by atoms with E-state index in [-0.39, 0.29) is 5.75 Å². The Balaban J connectivity index is 3.59. The summed E-state index contributed by atoms with van der Waals surface area (Å²) in [5.41, 5.74) is 0. The molecule has 0 aliphatic rings. The Bertz CT molecular complexity index is 258. The van der Waals surface area contributed by atoms with Gasteiger partial charge >= 0.3 is 0 Å². The van der Waals surface area contributed by atoms with E-state index in [2.05, 4.69) is 33.0 Å². The zero-order chi connectivity index (χ0) is 12.6. The lowest BCUT2D eigenvalue weighted by molar-refractivity contribution is 0.541. The van der Waals surface area contributed by atoms with Crippen molar-refractivity contribution in [3.05, 3.63) is 0 Å². The molecule has 0 fully saturated rings. The molecule has 0 atom stereocenters. The molecule has 0 aromatic rings. The lowest BCUT2D eigenvalue weighted by Gasteiger charge is -2.08. The first kappa shape index (κ1) is 15.9. The predicted octanol–water partition coefficient (Wildman–Crippen LogP) is 2.08. The molecule has 0 radical (unpaired) electrons. The minimum Gasteiger partial charge on any atom is -0.316 e. The molecule has 98 valence electrons. The van der Waals surface area contributed by atoms with Crippen LogP contribution in [0, 0.1) is 11.8 Å². The average Bonchev–Trinajstić information content (AvgIpc) is 2.14. The van der Waals surface area contributed by atoms with E-state index < -0.39 is 9.84 Å². The maximum atomic E-state index is 11.6. The molecule has 0 rings (SSSR count). The number of rotatable bonds is 9. The number of hydrogen-bond donors (Lipinski definition) is 1. The molecule has 0 aliphatic heterocycles. The zero-order valence-electron chi connectivity index (χ0n) is 11.1. The molecule has 0 spiro atoms. The Morgan fingerprint density at radius 3 is 1.94 bits per heavy atom. The molecule has 4 heteroatoms. The summed E-state index contributed by atoms with van der Waals surface area (Å²) in [6.07, 6.45) is 1.88. The van der Waals surface area contributed by atoms with Crippen molar-refractivity contribution < 1.29 is 8.42 Å². The van der Waals surface area contributed by atoms with Crippen LogP contribution < -0.4 is 5.32 Å². The van der Waals surface area contributed by atoms with E-state index >= 15 is 0 Å². The van der Waals surface area contributed by atoms with E-state index in [9.17, 15) is 8.42 Å². The van der Waals surface area contributed by atoms with Crippen molar-refractivity contribution in [3.8, 4) is 0 Å². The standard InChI is InChI=1S/C12H27NO2S/c1-11(2)5-7-13-8-10-16(14,15)9-6-12(3)4/h11-13H,5-10H2,1-4H3. The smallest absolute Gasteiger partial charge is 0.151 e. The van der Waals surface area contributed by atoms with Crippen LogP contribution in [0.2, 0.25) is 0 Å². The van der Waals surface area contributed by atoms with E-state index in [0.717, 1.165) is 19.4 Å². The van der Waals surface area contributed by atoms with Crippen molar-refractivity contribution in [2.45, 2.75) is 40.5 Å². The van der Waals surface area contributed by atoms with Crippen LogP contribution in [0.25, 0.3) is 0 Å². The summed E-state index contributed by atoms with van der Waals surface area (Å²) in [7, 11) is -2.84. The lowest BCUT2D eigenvalue weighted by atomic mass is 10.1. The van der Waals surface area contributed by atoms with E-state index in [4.69, 9.17) is 0 Å². The maximum Gasteiger partial charge on any atom is 0.151 e. The van der Waals surface area contributed by atoms with Gasteiger partial charge in [-0.3, -0.25) is 0 Å². The van der Waals surface area contributed by atoms with Crippen LogP contribution in [0.15, 0.2) is 0 Å². The van der Waals surface area contributed by atoms with Gasteiger partial charge in [-0.25, -0.2) is 8.42 Å². The van der Waals surface area contributed by atoms with E-state index in [1.165, 1.54) is 0 Å². The first-order chi connectivity index (χ1) is 7.33. The predicted molar refractivity (Wildman–Crippen MR) is 70.4 cm³/mol. The van der Waals surface area contributed by atoms with E-state index in [1.807, 2.05) is 0 Å². The summed E-state index contributed by atoms with van der Waals surface area (Å²) < 4.78 is 23.2. The van der Waals surface area contributed by atoms with Gasteiger partial charge in [0.15, 0.2) is 9.84 Å². The van der Waals surface area contributed by atoms with Crippen molar-refractivity contribution in [2.75, 3.05) is 24.6 Å². The van der Waals surface area contributed by atoms with Gasteiger partial charge in [0.1, 0.15) is 0 Å². The van der Waals surface area contributed by atoms with Gasteiger partial charge in [-0.05, 0) is 31.2 Å². The quantitative estimate of drug-likeness (QED) is 0.636. The third kappa shape index (κ3) is 10.4. The minimum absolute atomic E-state index is 0.276. The third-order valence-electron chi connectivity index (χ3n) is 2.49. The Labute approximate surface area is 101 Å². The summed E-state index contributed by atoms with van der Waals surface area (Å²) in [5.74, 6) is 1.74. The van der Waals surface area contributed by atoms with Gasteiger partial charge in [-0.2, -0.15) is 0 Å². The van der Waals surface area contributed by atoms with Crippen molar-refractivity contribution >= 4 is 9.84 Å². The Hall–Kier alpha value is -0.0900. The summed E-state index contributed by atoms with van der Waals surface area (Å²) in [6.45, 7) is 9.94. The summed E-state index contributed by atoms with van der Waals surface area (Å²) in [6, 6.07) is 0. The molecule has 0 saturated carbocycles. The van der Waals surface area contributed by atoms with Crippen LogP contribution in [-0.4, -0.2) is 33.0 Å². The Kier molecular flexibility index (Phi) is 8.02. The van der Waals surface area contributed by atoms with Gasteiger partial charge in [0.2, 0.25) is 0 Å². The van der Waals surface area contributed by atoms with Gasteiger partial charge in [0.05, 0.1) is 11.5 Å². The lowest BCUT2D eigenvalue weighted by Crippen LogP contribution is -2.26. The van der Waals surface area contributed by atoms with Crippen LogP contribution in [-0.2, 0) is 9.84 Å². The monoisotopic (exact) mass is 249 g/mol. The number of hydrogen-bond acceptors (Lipinski definition) is 3. The van der Waals surface area contributed by atoms with Crippen molar-refractivity contribution in [1.82, 2.24) is 5.32 Å². The molecule has 0 bridgehead atoms. The highest BCUT2D eigenvalue weighted by Crippen LogP contribution is 2.03. The van der Waals surface area contributed by atoms with Gasteiger partial charge in [0.25, 0.3) is 0 Å². The number of nitrogens with one attached hydrogen (secondary N) is 1. The fourth-order valence-corrected chi connectivity index (χ4v) is 2.75. The van der Waals surface area contributed by atoms with Gasteiger partial charge in [-0.1, -0.05) is 27.7 Å². The highest BCUT2D eigenvalue weighted by atomic mass is 32.2. The number of sulfone groups is 1. The topological polar surface area (TPSA) is 46.2 Å². The van der Waals surface area contributed by atoms with E-state index in [0.29, 0.717) is 24.1 Å². The molecule has 0 amide bonds. The molecule has 1 N–H and O–H groups in total. The molecular formula is C12H27NO2S. The molecule has 0 aromatic heterocycles. The first-order valence-electron chi connectivity index (χ1n) is 6.24. The average molecular weight is 249 g/mol. The van der Waals surface area contributed by atoms with Crippen LogP contribution in [0.1, 0.15) is 40.5 Å². The fourth-order valence-electron chi connectivity index (χ4n) is 1.26. The largest absolute Gasteiger partial charge is 0.316 e. The highest BCUT2D eigenvalue weighted by Gasteiger charge is 2.10. The SMILES string of the molecule is CC(C)CCNCCS(=O)(=O)CCC(C)C. The minimum atomic E-state index is -2.84. The highest BCUT2D eigenvalue weighted by molar-refractivity contribution is 7.91. The Morgan fingerprint density at radius 1 is 0.875 bits per heavy atom. The summed E-state index contributed by atoms with van der Waals surface area (Å²) >= 11 is 0. The van der Waals surface area contributed by atoms with Crippen molar-refractivity contribution in [2.24, 2.45) is 11.8 Å². The molecule has 0 aromatic carbocycles. The van der Waals surface area contributed by atoms with Crippen molar-refractivity contribution in [3.63, 3.8) is 0 Å². The molecule has 0 aliphatic carbocycles. The van der Waals surface area contributed by atoms with Crippen LogP contribution in [0.4, 0.5) is 0 Å². The molecule has 0 unspecified atom stereocenters. The molecule has 0 heterocycles. The van der Waals surface area contributed by atoms with Crippen LogP contribution in [0.5, 0.6) is 0 Å². The van der Waals surface area contributed by atoms with Crippen LogP contribution in [0.3, 0.4) is 0 Å². The Morgan fingerprint density at radius 2 is 1.44 bits per heavy atom. The third-order valence-corrected chi connectivity index (χ3v) is 4.18. The second-order valence-corrected chi connectivity index (χ2v) is 7.57. The van der Waals surface area contributed by atoms with E-state index in [1.54, 1.807) is 0 Å². The molecule has 3 nitrogen and oxygen atoms in total. The summed E-state index contributed by atoms with van der Waals surface area (Å²) in [5, 5.41) is 3.18. The van der Waals surface area contributed by atoms with Crippen LogP contribution >= 0.6 is 0 Å². The molecular weight excluding hydrogens is 222 g/mol. The van der Waals surface area contributed by atoms with Gasteiger partial charge < -0.3 is 5.32 Å². The second-order valence-electron chi connectivity index (χ2n) is 5.27. The normalized spacial score (nSPS) is 12.6. The first-order valence-corrected chi connectivity index (χ1v) is 8.07. The summed E-state index contributed by atoms with van der Waals surface area (Å²) in [4.78, 5) is 0. The second kappa shape index (κ2) is 8.07. The van der Waals surface area contributed by atoms with Gasteiger partial charge in [0, 0.05) is 6.54 Å². The maximum absolute atomic E-state index is 11.6. The molecule has 16 heavy (non-hydrogen) atoms.